The van der Waals surface area contributed by atoms with Crippen LogP contribution in [0, 0.1) is 11.8 Å². The van der Waals surface area contributed by atoms with Gasteiger partial charge in [0.2, 0.25) is 0 Å². The van der Waals surface area contributed by atoms with Crippen LogP contribution in [0.25, 0.3) is 0 Å². The van der Waals surface area contributed by atoms with Crippen molar-refractivity contribution in [3.63, 3.8) is 0 Å². The average Bonchev–Trinajstić information content (AvgIpc) is 3.06. The van der Waals surface area contributed by atoms with E-state index in [0.717, 1.165) is 0 Å². The highest BCUT2D eigenvalue weighted by Crippen LogP contribution is 2.46. The summed E-state index contributed by atoms with van der Waals surface area (Å²) >= 11 is 0. The number of carboxylic acid groups (broad SMARTS) is 1. The van der Waals surface area contributed by atoms with E-state index in [1.807, 2.05) is 0 Å². The third-order valence-electron chi connectivity index (χ3n) is 5.16. The van der Waals surface area contributed by atoms with Crippen molar-refractivity contribution in [1.29, 1.82) is 0 Å². The van der Waals surface area contributed by atoms with Gasteiger partial charge in [0.25, 0.3) is 0 Å². The third-order valence-corrected chi connectivity index (χ3v) is 5.16. The summed E-state index contributed by atoms with van der Waals surface area (Å²) in [4.78, 5) is 10.9. The summed E-state index contributed by atoms with van der Waals surface area (Å²) in [5, 5.41) is 8.96. The second kappa shape index (κ2) is 5.98. The zero-order chi connectivity index (χ0) is 13.9. The van der Waals surface area contributed by atoms with E-state index >= 15 is 0 Å². The van der Waals surface area contributed by atoms with Crippen molar-refractivity contribution in [2.24, 2.45) is 11.8 Å². The lowest BCUT2D eigenvalue weighted by atomic mass is 9.76. The summed E-state index contributed by atoms with van der Waals surface area (Å²) < 4.78 is 6.08. The first-order valence-corrected chi connectivity index (χ1v) is 7.62. The van der Waals surface area contributed by atoms with Crippen molar-refractivity contribution in [2.45, 2.75) is 70.8 Å². The number of hydrogen-bond donors (Lipinski definition) is 1. The zero-order valence-electron chi connectivity index (χ0n) is 12.2. The van der Waals surface area contributed by atoms with Crippen molar-refractivity contribution < 1.29 is 14.6 Å². The molecule has 19 heavy (non-hydrogen) atoms. The summed E-state index contributed by atoms with van der Waals surface area (Å²) in [6, 6.07) is 0. The Balaban J connectivity index is 2.13. The Morgan fingerprint density at radius 3 is 1.89 bits per heavy atom. The normalized spacial score (nSPS) is 22.9. The van der Waals surface area contributed by atoms with E-state index in [4.69, 9.17) is 9.84 Å². The van der Waals surface area contributed by atoms with Crippen LogP contribution in [-0.2, 0) is 9.53 Å². The summed E-state index contributed by atoms with van der Waals surface area (Å²) in [7, 11) is 0. The smallest absolute Gasteiger partial charge is 0.334 e. The number of carboxylic acids is 1. The minimum atomic E-state index is -0.889. The molecule has 2 aliphatic carbocycles. The number of rotatable bonds is 5. The number of carbonyl (C=O) groups is 1. The van der Waals surface area contributed by atoms with E-state index in [0.29, 0.717) is 17.4 Å². The van der Waals surface area contributed by atoms with Crippen LogP contribution in [0.2, 0.25) is 0 Å². The lowest BCUT2D eigenvalue weighted by Gasteiger charge is -2.40. The second-order valence-corrected chi connectivity index (χ2v) is 6.37. The van der Waals surface area contributed by atoms with Crippen LogP contribution in [0.5, 0.6) is 0 Å². The molecule has 0 spiro atoms. The van der Waals surface area contributed by atoms with Gasteiger partial charge in [-0.2, -0.15) is 0 Å². The fraction of sp³-hybridized carbons (Fsp3) is 0.812. The molecule has 0 aromatic heterocycles. The van der Waals surface area contributed by atoms with Gasteiger partial charge in [0.1, 0.15) is 5.60 Å². The van der Waals surface area contributed by atoms with Gasteiger partial charge in [-0.05, 0) is 51.4 Å². The molecule has 0 heterocycles. The average molecular weight is 266 g/mol. The van der Waals surface area contributed by atoms with Gasteiger partial charge in [0.05, 0.1) is 11.8 Å². The quantitative estimate of drug-likeness (QED) is 0.601. The van der Waals surface area contributed by atoms with Gasteiger partial charge in [-0.1, -0.05) is 25.7 Å². The lowest BCUT2D eigenvalue weighted by Crippen LogP contribution is -2.42. The molecule has 108 valence electrons. The molecule has 2 aliphatic rings. The SMILES string of the molecule is C/C(=C\OC(C)(C1CCCC1)C1CCCC1)C(=O)O. The summed E-state index contributed by atoms with van der Waals surface area (Å²) in [6.07, 6.45) is 11.6. The van der Waals surface area contributed by atoms with E-state index in [1.165, 1.54) is 57.6 Å². The molecule has 3 nitrogen and oxygen atoms in total. The molecule has 3 heteroatoms. The van der Waals surface area contributed by atoms with Gasteiger partial charge in [0, 0.05) is 0 Å². The Kier molecular flexibility index (Phi) is 4.54. The number of ether oxygens (including phenoxy) is 1. The Labute approximate surface area is 116 Å². The first kappa shape index (κ1) is 14.4. The molecule has 2 rings (SSSR count). The molecule has 2 saturated carbocycles. The van der Waals surface area contributed by atoms with Crippen LogP contribution in [0.3, 0.4) is 0 Å². The van der Waals surface area contributed by atoms with Crippen molar-refractivity contribution in [2.75, 3.05) is 0 Å². The van der Waals surface area contributed by atoms with Gasteiger partial charge in [-0.25, -0.2) is 4.79 Å². The molecule has 0 unspecified atom stereocenters. The van der Waals surface area contributed by atoms with Crippen LogP contribution < -0.4 is 0 Å². The largest absolute Gasteiger partial charge is 0.494 e. The minimum absolute atomic E-state index is 0.163. The monoisotopic (exact) mass is 266 g/mol. The maximum Gasteiger partial charge on any atom is 0.334 e. The Morgan fingerprint density at radius 2 is 1.53 bits per heavy atom. The Hall–Kier alpha value is -0.990. The molecule has 0 aromatic carbocycles. The predicted octanol–water partition coefficient (Wildman–Crippen LogP) is 4.13. The second-order valence-electron chi connectivity index (χ2n) is 6.37. The molecule has 1 N–H and O–H groups in total. The lowest BCUT2D eigenvalue weighted by molar-refractivity contribution is -0.133. The molecule has 0 atom stereocenters. The van der Waals surface area contributed by atoms with Crippen molar-refractivity contribution in [1.82, 2.24) is 0 Å². The van der Waals surface area contributed by atoms with Gasteiger partial charge >= 0.3 is 5.97 Å². The maximum absolute atomic E-state index is 10.9. The minimum Gasteiger partial charge on any atom is -0.494 e. The Morgan fingerprint density at radius 1 is 1.11 bits per heavy atom. The maximum atomic E-state index is 10.9. The molecule has 0 aromatic rings. The van der Waals surface area contributed by atoms with E-state index in [-0.39, 0.29) is 5.60 Å². The molecule has 0 aliphatic heterocycles. The van der Waals surface area contributed by atoms with Gasteiger partial charge < -0.3 is 9.84 Å². The molecule has 0 saturated heterocycles. The fourth-order valence-electron chi connectivity index (χ4n) is 3.79. The molecule has 0 bridgehead atoms. The molecular formula is C16H26O3. The fourth-order valence-corrected chi connectivity index (χ4v) is 3.79. The standard InChI is InChI=1S/C16H26O3/c1-12(15(17)18)11-19-16(2,13-7-3-4-8-13)14-9-5-6-10-14/h11,13-14H,3-10H2,1-2H3,(H,17,18)/b12-11+. The summed E-state index contributed by atoms with van der Waals surface area (Å²) in [6.45, 7) is 3.82. The van der Waals surface area contributed by atoms with Crippen LogP contribution in [0.1, 0.15) is 65.2 Å². The summed E-state index contributed by atoms with van der Waals surface area (Å²) in [5.74, 6) is 0.294. The van der Waals surface area contributed by atoms with Crippen LogP contribution >= 0.6 is 0 Å². The van der Waals surface area contributed by atoms with Gasteiger partial charge in [-0.15, -0.1) is 0 Å². The molecule has 0 radical (unpaired) electrons. The number of aliphatic carboxylic acids is 1. The first-order valence-electron chi connectivity index (χ1n) is 7.62. The van der Waals surface area contributed by atoms with E-state index in [9.17, 15) is 4.79 Å². The molecular weight excluding hydrogens is 240 g/mol. The topological polar surface area (TPSA) is 46.5 Å². The van der Waals surface area contributed by atoms with Gasteiger partial charge in [0.15, 0.2) is 0 Å². The number of hydrogen-bond acceptors (Lipinski definition) is 2. The van der Waals surface area contributed by atoms with Crippen LogP contribution in [-0.4, -0.2) is 16.7 Å². The van der Waals surface area contributed by atoms with Crippen molar-refractivity contribution in [3.8, 4) is 0 Å². The van der Waals surface area contributed by atoms with Gasteiger partial charge in [-0.3, -0.25) is 0 Å². The zero-order valence-corrected chi connectivity index (χ0v) is 12.2. The summed E-state index contributed by atoms with van der Waals surface area (Å²) in [5.41, 5.74) is 0.131. The van der Waals surface area contributed by atoms with E-state index in [1.54, 1.807) is 6.92 Å². The van der Waals surface area contributed by atoms with Crippen LogP contribution in [0.4, 0.5) is 0 Å². The molecule has 2 fully saturated rings. The van der Waals surface area contributed by atoms with E-state index < -0.39 is 5.97 Å². The van der Waals surface area contributed by atoms with Crippen LogP contribution in [0.15, 0.2) is 11.8 Å². The first-order chi connectivity index (χ1) is 9.04. The highest BCUT2D eigenvalue weighted by Gasteiger charge is 2.44. The van der Waals surface area contributed by atoms with Crippen molar-refractivity contribution >= 4 is 5.97 Å². The third kappa shape index (κ3) is 3.13. The predicted molar refractivity (Wildman–Crippen MR) is 74.8 cm³/mol. The Bertz CT molecular complexity index is 331. The van der Waals surface area contributed by atoms with E-state index in [2.05, 4.69) is 6.92 Å². The highest BCUT2D eigenvalue weighted by molar-refractivity contribution is 5.85. The highest BCUT2D eigenvalue weighted by atomic mass is 16.5. The molecule has 0 amide bonds. The van der Waals surface area contributed by atoms with Crippen molar-refractivity contribution in [3.05, 3.63) is 11.8 Å².